The Morgan fingerprint density at radius 1 is 1.03 bits per heavy atom. The van der Waals surface area contributed by atoms with Crippen LogP contribution < -0.4 is 14.4 Å². The van der Waals surface area contributed by atoms with Crippen molar-refractivity contribution in [1.29, 1.82) is 0 Å². The number of anilines is 1. The number of para-hydroxylation sites is 1. The molecule has 2 aromatic carbocycles. The third-order valence-electron chi connectivity index (χ3n) is 7.97. The number of methoxy groups -OCH3 is 1. The summed E-state index contributed by atoms with van der Waals surface area (Å²) in [6, 6.07) is 14.8. The first-order valence-corrected chi connectivity index (χ1v) is 13.4. The zero-order valence-electron chi connectivity index (χ0n) is 19.6. The summed E-state index contributed by atoms with van der Waals surface area (Å²) in [5.41, 5.74) is 1.21. The molecular formula is C28H27NO4S2. The highest BCUT2D eigenvalue weighted by atomic mass is 32.2. The molecule has 5 nitrogen and oxygen atoms in total. The van der Waals surface area contributed by atoms with Gasteiger partial charge in [0.25, 0.3) is 5.91 Å². The highest BCUT2D eigenvalue weighted by molar-refractivity contribution is 8.27. The largest absolute Gasteiger partial charge is 0.493 e. The Morgan fingerprint density at radius 2 is 1.69 bits per heavy atom. The van der Waals surface area contributed by atoms with Crippen LogP contribution in [0.25, 0.3) is 6.08 Å². The summed E-state index contributed by atoms with van der Waals surface area (Å²) in [6.45, 7) is 0. The molecule has 4 bridgehead atoms. The maximum Gasteiger partial charge on any atom is 0.317 e. The van der Waals surface area contributed by atoms with E-state index >= 15 is 0 Å². The molecule has 5 fully saturated rings. The standard InChI is InChI=1S/C28H27NO4S2/c1-32-23-12-17(13-24-25(30)29(27(34)35-24)21-5-3-2-4-6-21)7-8-22(23)33-26(31)28-14-18-9-19(15-28)11-20(10-18)16-28/h2-8,12-13,18-20H,9-11,14-16H2,1H3/b24-13+. The van der Waals surface area contributed by atoms with E-state index < -0.39 is 0 Å². The topological polar surface area (TPSA) is 55.8 Å². The number of rotatable bonds is 5. The van der Waals surface area contributed by atoms with E-state index in [1.54, 1.807) is 30.2 Å². The summed E-state index contributed by atoms with van der Waals surface area (Å²) in [6.07, 6.45) is 8.52. The Hall–Kier alpha value is -2.64. The second-order valence-electron chi connectivity index (χ2n) is 10.4. The molecule has 7 heteroatoms. The number of thioether (sulfide) groups is 1. The lowest BCUT2D eigenvalue weighted by Crippen LogP contribution is -2.51. The molecule has 1 heterocycles. The average Bonchev–Trinajstić information content (AvgIpc) is 3.12. The lowest BCUT2D eigenvalue weighted by Gasteiger charge is -2.55. The van der Waals surface area contributed by atoms with E-state index in [0.717, 1.165) is 30.5 Å². The van der Waals surface area contributed by atoms with Crippen molar-refractivity contribution in [3.8, 4) is 11.5 Å². The minimum atomic E-state index is -0.329. The number of thiocarbonyl (C=S) groups is 1. The zero-order valence-corrected chi connectivity index (χ0v) is 21.2. The number of benzene rings is 2. The fourth-order valence-electron chi connectivity index (χ4n) is 6.85. The highest BCUT2D eigenvalue weighted by Crippen LogP contribution is 2.60. The predicted octanol–water partition coefficient (Wildman–Crippen LogP) is 6.22. The minimum Gasteiger partial charge on any atom is -0.493 e. The molecule has 180 valence electrons. The second kappa shape index (κ2) is 8.79. The van der Waals surface area contributed by atoms with Gasteiger partial charge < -0.3 is 9.47 Å². The average molecular weight is 506 g/mol. The van der Waals surface area contributed by atoms with Crippen LogP contribution in [0.3, 0.4) is 0 Å². The van der Waals surface area contributed by atoms with E-state index in [2.05, 4.69) is 0 Å². The highest BCUT2D eigenvalue weighted by Gasteiger charge is 2.55. The van der Waals surface area contributed by atoms with Crippen molar-refractivity contribution in [2.45, 2.75) is 38.5 Å². The van der Waals surface area contributed by atoms with Gasteiger partial charge in [-0.1, -0.05) is 48.2 Å². The van der Waals surface area contributed by atoms with Gasteiger partial charge in [0.15, 0.2) is 15.8 Å². The van der Waals surface area contributed by atoms with Gasteiger partial charge in [0.1, 0.15) is 0 Å². The van der Waals surface area contributed by atoms with E-state index in [9.17, 15) is 9.59 Å². The van der Waals surface area contributed by atoms with E-state index in [0.29, 0.717) is 38.5 Å². The second-order valence-corrected chi connectivity index (χ2v) is 12.0. The van der Waals surface area contributed by atoms with Crippen LogP contribution in [0.2, 0.25) is 0 Å². The van der Waals surface area contributed by atoms with Gasteiger partial charge in [0.2, 0.25) is 0 Å². The molecule has 0 N–H and O–H groups in total. The molecule has 0 unspecified atom stereocenters. The Balaban J connectivity index is 1.21. The summed E-state index contributed by atoms with van der Waals surface area (Å²) in [7, 11) is 1.57. The number of esters is 1. The van der Waals surface area contributed by atoms with Crippen LogP contribution in [0.15, 0.2) is 53.4 Å². The molecule has 0 spiro atoms. The van der Waals surface area contributed by atoms with Gasteiger partial charge in [-0.05, 0) is 92.2 Å². The van der Waals surface area contributed by atoms with Crippen LogP contribution in [0, 0.1) is 23.2 Å². The van der Waals surface area contributed by atoms with Crippen molar-refractivity contribution < 1.29 is 19.1 Å². The molecule has 0 atom stereocenters. The third kappa shape index (κ3) is 4.08. The van der Waals surface area contributed by atoms with Gasteiger partial charge in [0.05, 0.1) is 23.1 Å². The normalized spacial score (nSPS) is 30.3. The van der Waals surface area contributed by atoms with Crippen LogP contribution in [0.4, 0.5) is 5.69 Å². The maximum absolute atomic E-state index is 13.4. The van der Waals surface area contributed by atoms with Gasteiger partial charge >= 0.3 is 5.97 Å². The lowest BCUT2D eigenvalue weighted by atomic mass is 9.49. The third-order valence-corrected chi connectivity index (χ3v) is 9.27. The summed E-state index contributed by atoms with van der Waals surface area (Å²) >= 11 is 6.74. The molecule has 7 rings (SSSR count). The van der Waals surface area contributed by atoms with Gasteiger partial charge in [0, 0.05) is 0 Å². The maximum atomic E-state index is 13.4. The minimum absolute atomic E-state index is 0.105. The van der Waals surface area contributed by atoms with Crippen LogP contribution >= 0.6 is 24.0 Å². The lowest BCUT2D eigenvalue weighted by molar-refractivity contribution is -0.161. The van der Waals surface area contributed by atoms with Crippen LogP contribution in [0.5, 0.6) is 11.5 Å². The van der Waals surface area contributed by atoms with E-state index in [1.807, 2.05) is 36.4 Å². The van der Waals surface area contributed by atoms with Crippen molar-refractivity contribution in [1.82, 2.24) is 0 Å². The molecule has 4 aliphatic carbocycles. The smallest absolute Gasteiger partial charge is 0.317 e. The first kappa shape index (κ1) is 22.8. The number of hydrogen-bond donors (Lipinski definition) is 0. The molecule has 5 aliphatic rings. The fourth-order valence-corrected chi connectivity index (χ4v) is 8.14. The Morgan fingerprint density at radius 3 is 2.31 bits per heavy atom. The SMILES string of the molecule is COc1cc(/C=C2/SC(=S)N(c3ccccc3)C2=O)ccc1OC(=O)C12CC3CC(CC(C3)C1)C2. The van der Waals surface area contributed by atoms with Gasteiger partial charge in [-0.2, -0.15) is 0 Å². The monoisotopic (exact) mass is 505 g/mol. The van der Waals surface area contributed by atoms with Crippen molar-refractivity contribution in [2.24, 2.45) is 23.2 Å². The summed E-state index contributed by atoms with van der Waals surface area (Å²) in [5.74, 6) is 2.68. The number of amides is 1. The molecule has 4 saturated carbocycles. The van der Waals surface area contributed by atoms with E-state index in [4.69, 9.17) is 21.7 Å². The van der Waals surface area contributed by atoms with Crippen LogP contribution in [-0.2, 0) is 9.59 Å². The molecule has 1 aliphatic heterocycles. The Bertz CT molecular complexity index is 1200. The first-order valence-electron chi connectivity index (χ1n) is 12.2. The van der Waals surface area contributed by atoms with Crippen molar-refractivity contribution in [3.05, 3.63) is 59.0 Å². The Kier molecular flexibility index (Phi) is 5.72. The fraction of sp³-hybridized carbons (Fsp3) is 0.393. The molecule has 1 amide bonds. The molecular weight excluding hydrogens is 478 g/mol. The number of ether oxygens (including phenoxy) is 2. The number of carbonyl (C=O) groups is 2. The Labute approximate surface area is 214 Å². The molecule has 0 radical (unpaired) electrons. The van der Waals surface area contributed by atoms with E-state index in [-0.39, 0.29) is 17.3 Å². The molecule has 0 aromatic heterocycles. The summed E-state index contributed by atoms with van der Waals surface area (Å²) in [5, 5.41) is 0. The summed E-state index contributed by atoms with van der Waals surface area (Å²) in [4.78, 5) is 28.5. The van der Waals surface area contributed by atoms with Crippen LogP contribution in [0.1, 0.15) is 44.1 Å². The molecule has 35 heavy (non-hydrogen) atoms. The summed E-state index contributed by atoms with van der Waals surface area (Å²) < 4.78 is 12.0. The number of carbonyl (C=O) groups excluding carboxylic acids is 2. The van der Waals surface area contributed by atoms with Crippen molar-refractivity contribution >= 4 is 51.9 Å². The van der Waals surface area contributed by atoms with Gasteiger partial charge in [-0.3, -0.25) is 14.5 Å². The van der Waals surface area contributed by atoms with Crippen molar-refractivity contribution in [2.75, 3.05) is 12.0 Å². The molecule has 2 aromatic rings. The van der Waals surface area contributed by atoms with Gasteiger partial charge in [-0.25, -0.2) is 0 Å². The quantitative estimate of drug-likeness (QED) is 0.208. The van der Waals surface area contributed by atoms with Crippen molar-refractivity contribution in [3.63, 3.8) is 0 Å². The number of hydrogen-bond acceptors (Lipinski definition) is 6. The van der Waals surface area contributed by atoms with E-state index in [1.165, 1.54) is 31.0 Å². The van der Waals surface area contributed by atoms with Crippen LogP contribution in [-0.4, -0.2) is 23.3 Å². The van der Waals surface area contributed by atoms with Gasteiger partial charge in [-0.15, -0.1) is 0 Å². The first-order chi connectivity index (χ1) is 16.9. The predicted molar refractivity (Wildman–Crippen MR) is 141 cm³/mol. The number of nitrogens with zero attached hydrogens (tertiary/aromatic N) is 1. The molecule has 1 saturated heterocycles. The zero-order chi connectivity index (χ0) is 24.2.